The third-order valence-electron chi connectivity index (χ3n) is 3.51. The third kappa shape index (κ3) is 1.61. The average Bonchev–Trinajstić information content (AvgIpc) is 3.09. The minimum absolute atomic E-state index is 0.293. The Hall–Kier alpha value is -2.62. The Morgan fingerprint density at radius 3 is 2.70 bits per heavy atom. The van der Waals surface area contributed by atoms with Gasteiger partial charge in [0.25, 0.3) is 0 Å². The van der Waals surface area contributed by atoms with E-state index in [4.69, 9.17) is 14.2 Å². The first-order valence-electron chi connectivity index (χ1n) is 6.41. The fourth-order valence-electron chi connectivity index (χ4n) is 2.53. The summed E-state index contributed by atoms with van der Waals surface area (Å²) >= 11 is 0. The van der Waals surface area contributed by atoms with E-state index in [0.717, 1.165) is 39.4 Å². The number of H-pyrrole nitrogens is 1. The SMILES string of the molecule is COc1ccccc1-c1cc2cc3c(cc2[nH]1)OCO3. The van der Waals surface area contributed by atoms with Gasteiger partial charge in [-0.2, -0.15) is 0 Å². The molecule has 0 bridgehead atoms. The van der Waals surface area contributed by atoms with Crippen LogP contribution in [0.25, 0.3) is 22.2 Å². The largest absolute Gasteiger partial charge is 0.496 e. The van der Waals surface area contributed by atoms with Crippen LogP contribution in [0.4, 0.5) is 0 Å². The summed E-state index contributed by atoms with van der Waals surface area (Å²) < 4.78 is 16.2. The number of methoxy groups -OCH3 is 1. The lowest BCUT2D eigenvalue weighted by Crippen LogP contribution is -1.92. The maximum absolute atomic E-state index is 5.41. The molecule has 0 atom stereocenters. The predicted octanol–water partition coefficient (Wildman–Crippen LogP) is 3.57. The molecule has 0 saturated heterocycles. The molecule has 2 aromatic carbocycles. The molecular formula is C16H13NO3. The highest BCUT2D eigenvalue weighted by Gasteiger charge is 2.16. The van der Waals surface area contributed by atoms with E-state index in [1.54, 1.807) is 7.11 Å². The molecule has 0 saturated carbocycles. The van der Waals surface area contributed by atoms with Crippen molar-refractivity contribution in [1.82, 2.24) is 4.98 Å². The first-order chi connectivity index (χ1) is 9.85. The molecule has 3 aromatic rings. The van der Waals surface area contributed by atoms with E-state index in [-0.39, 0.29) is 0 Å². The summed E-state index contributed by atoms with van der Waals surface area (Å²) in [4.78, 5) is 3.40. The van der Waals surface area contributed by atoms with E-state index in [2.05, 4.69) is 11.1 Å². The minimum Gasteiger partial charge on any atom is -0.496 e. The maximum Gasteiger partial charge on any atom is 0.231 e. The van der Waals surface area contributed by atoms with Gasteiger partial charge in [0.05, 0.1) is 12.8 Å². The van der Waals surface area contributed by atoms with Gasteiger partial charge in [0.2, 0.25) is 6.79 Å². The van der Waals surface area contributed by atoms with Crippen LogP contribution in [0.15, 0.2) is 42.5 Å². The number of nitrogens with one attached hydrogen (secondary N) is 1. The molecule has 4 heteroatoms. The summed E-state index contributed by atoms with van der Waals surface area (Å²) in [5, 5.41) is 1.09. The molecule has 20 heavy (non-hydrogen) atoms. The average molecular weight is 267 g/mol. The second-order valence-electron chi connectivity index (χ2n) is 4.68. The molecule has 4 nitrogen and oxygen atoms in total. The van der Waals surface area contributed by atoms with Gasteiger partial charge in [-0.05, 0) is 24.3 Å². The number of hydrogen-bond acceptors (Lipinski definition) is 3. The number of aromatic nitrogens is 1. The van der Waals surface area contributed by atoms with Crippen molar-refractivity contribution < 1.29 is 14.2 Å². The van der Waals surface area contributed by atoms with Gasteiger partial charge in [0.15, 0.2) is 11.5 Å². The number of fused-ring (bicyclic) bond motifs is 2. The monoisotopic (exact) mass is 267 g/mol. The summed E-state index contributed by atoms with van der Waals surface area (Å²) in [7, 11) is 1.68. The first kappa shape index (κ1) is 11.2. The lowest BCUT2D eigenvalue weighted by molar-refractivity contribution is 0.174. The van der Waals surface area contributed by atoms with E-state index < -0.39 is 0 Å². The zero-order chi connectivity index (χ0) is 13.5. The zero-order valence-electron chi connectivity index (χ0n) is 11.0. The Bertz CT molecular complexity index is 751. The molecule has 0 aliphatic carbocycles. The van der Waals surface area contributed by atoms with Crippen molar-refractivity contribution in [3.63, 3.8) is 0 Å². The summed E-state index contributed by atoms with van der Waals surface area (Å²) in [5.41, 5.74) is 3.07. The van der Waals surface area contributed by atoms with Crippen LogP contribution >= 0.6 is 0 Å². The lowest BCUT2D eigenvalue weighted by atomic mass is 10.1. The predicted molar refractivity (Wildman–Crippen MR) is 76.4 cm³/mol. The van der Waals surface area contributed by atoms with Crippen molar-refractivity contribution in [1.29, 1.82) is 0 Å². The van der Waals surface area contributed by atoms with Crippen LogP contribution in [0.1, 0.15) is 0 Å². The molecule has 2 heterocycles. The molecule has 4 rings (SSSR count). The van der Waals surface area contributed by atoms with Gasteiger partial charge in [0.1, 0.15) is 5.75 Å². The molecule has 0 fully saturated rings. The van der Waals surface area contributed by atoms with Crippen LogP contribution in [-0.4, -0.2) is 18.9 Å². The van der Waals surface area contributed by atoms with E-state index in [1.165, 1.54) is 0 Å². The number of para-hydroxylation sites is 1. The van der Waals surface area contributed by atoms with Gasteiger partial charge in [-0.1, -0.05) is 12.1 Å². The van der Waals surface area contributed by atoms with Gasteiger partial charge in [-0.15, -0.1) is 0 Å². The topological polar surface area (TPSA) is 43.5 Å². The second-order valence-corrected chi connectivity index (χ2v) is 4.68. The molecular weight excluding hydrogens is 254 g/mol. The van der Waals surface area contributed by atoms with Crippen molar-refractivity contribution in [3.8, 4) is 28.5 Å². The Morgan fingerprint density at radius 2 is 1.85 bits per heavy atom. The smallest absolute Gasteiger partial charge is 0.231 e. The summed E-state index contributed by atoms with van der Waals surface area (Å²) in [6.45, 7) is 0.293. The minimum atomic E-state index is 0.293. The van der Waals surface area contributed by atoms with Gasteiger partial charge < -0.3 is 19.2 Å². The quantitative estimate of drug-likeness (QED) is 0.772. The Morgan fingerprint density at radius 1 is 1.05 bits per heavy atom. The Kier molecular flexibility index (Phi) is 2.36. The Balaban J connectivity index is 1.89. The molecule has 0 amide bonds. The normalized spacial score (nSPS) is 12.8. The first-order valence-corrected chi connectivity index (χ1v) is 6.41. The van der Waals surface area contributed by atoms with Gasteiger partial charge in [-0.25, -0.2) is 0 Å². The number of ether oxygens (including phenoxy) is 3. The number of hydrogen-bond donors (Lipinski definition) is 1. The molecule has 0 radical (unpaired) electrons. The number of benzene rings is 2. The fraction of sp³-hybridized carbons (Fsp3) is 0.125. The van der Waals surface area contributed by atoms with Crippen LogP contribution in [0.5, 0.6) is 17.2 Å². The maximum atomic E-state index is 5.41. The molecule has 1 N–H and O–H groups in total. The standard InChI is InChI=1S/C16H13NO3/c1-18-14-5-3-2-4-11(14)13-6-10-7-15-16(20-9-19-15)8-12(10)17-13/h2-8,17H,9H2,1H3. The van der Waals surface area contributed by atoms with Crippen molar-refractivity contribution in [2.75, 3.05) is 13.9 Å². The van der Waals surface area contributed by atoms with E-state index in [9.17, 15) is 0 Å². The third-order valence-corrected chi connectivity index (χ3v) is 3.51. The van der Waals surface area contributed by atoms with Crippen molar-refractivity contribution in [2.24, 2.45) is 0 Å². The van der Waals surface area contributed by atoms with E-state index >= 15 is 0 Å². The van der Waals surface area contributed by atoms with E-state index in [0.29, 0.717) is 6.79 Å². The highest BCUT2D eigenvalue weighted by Crippen LogP contribution is 2.38. The molecule has 0 spiro atoms. The number of rotatable bonds is 2. The molecule has 100 valence electrons. The highest BCUT2D eigenvalue weighted by molar-refractivity contribution is 5.89. The molecule has 1 aliphatic heterocycles. The van der Waals surface area contributed by atoms with Crippen molar-refractivity contribution in [3.05, 3.63) is 42.5 Å². The van der Waals surface area contributed by atoms with Crippen LogP contribution in [0.3, 0.4) is 0 Å². The highest BCUT2D eigenvalue weighted by atomic mass is 16.7. The summed E-state index contributed by atoms with van der Waals surface area (Å²) in [6, 6.07) is 14.0. The zero-order valence-corrected chi connectivity index (χ0v) is 11.0. The van der Waals surface area contributed by atoms with Crippen LogP contribution < -0.4 is 14.2 Å². The second kappa shape index (κ2) is 4.20. The summed E-state index contributed by atoms with van der Waals surface area (Å²) in [6.07, 6.45) is 0. The van der Waals surface area contributed by atoms with Crippen LogP contribution in [-0.2, 0) is 0 Å². The van der Waals surface area contributed by atoms with Crippen molar-refractivity contribution in [2.45, 2.75) is 0 Å². The Labute approximate surface area is 115 Å². The van der Waals surface area contributed by atoms with Gasteiger partial charge in [0, 0.05) is 22.5 Å². The van der Waals surface area contributed by atoms with Crippen LogP contribution in [0.2, 0.25) is 0 Å². The molecule has 1 aliphatic rings. The fourth-order valence-corrected chi connectivity index (χ4v) is 2.53. The molecule has 1 aromatic heterocycles. The van der Waals surface area contributed by atoms with Gasteiger partial charge >= 0.3 is 0 Å². The number of aromatic amines is 1. The van der Waals surface area contributed by atoms with E-state index in [1.807, 2.05) is 36.4 Å². The lowest BCUT2D eigenvalue weighted by Gasteiger charge is -2.05. The van der Waals surface area contributed by atoms with Crippen LogP contribution in [0, 0.1) is 0 Å². The van der Waals surface area contributed by atoms with Crippen molar-refractivity contribution >= 4 is 10.9 Å². The van der Waals surface area contributed by atoms with Gasteiger partial charge in [-0.3, -0.25) is 0 Å². The molecule has 0 unspecified atom stereocenters. The summed E-state index contributed by atoms with van der Waals surface area (Å²) in [5.74, 6) is 2.42.